The Hall–Kier alpha value is -4.77. The number of carbonyl (C=O) groups is 1. The summed E-state index contributed by atoms with van der Waals surface area (Å²) < 4.78 is 0. The largest absolute Gasteiger partial charge is 0.477 e. The van der Waals surface area contributed by atoms with Gasteiger partial charge in [0.1, 0.15) is 5.69 Å². The van der Waals surface area contributed by atoms with E-state index in [0.717, 1.165) is 28.2 Å². The number of nitrogens with zero attached hydrogens (tertiary/aromatic N) is 3. The Morgan fingerprint density at radius 3 is 2.00 bits per heavy atom. The van der Waals surface area contributed by atoms with Crippen LogP contribution < -0.4 is 0 Å². The molecule has 3 heterocycles. The SMILES string of the molecule is CC(C)(C)c1[c-]c2c(cc1)-c1ccc(C(C)(C)C)cc1[C@]2(c1ccccn1)c1cccc(-c2[c-]cccc2)n1.O=C(O)c1ccccn1.[Ir]. The van der Waals surface area contributed by atoms with E-state index in [2.05, 4.69) is 125 Å². The van der Waals surface area contributed by atoms with E-state index in [-0.39, 0.29) is 36.6 Å². The molecule has 6 heteroatoms. The molecule has 0 bridgehead atoms. The Labute approximate surface area is 302 Å². The van der Waals surface area contributed by atoms with Gasteiger partial charge in [0.2, 0.25) is 0 Å². The quantitative estimate of drug-likeness (QED) is 0.179. The number of rotatable bonds is 4. The minimum absolute atomic E-state index is 0. The van der Waals surface area contributed by atoms with Crippen molar-refractivity contribution in [1.29, 1.82) is 0 Å². The van der Waals surface area contributed by atoms with E-state index < -0.39 is 11.4 Å². The van der Waals surface area contributed by atoms with Crippen LogP contribution in [0.2, 0.25) is 0 Å². The Balaban J connectivity index is 0.000000409. The van der Waals surface area contributed by atoms with Crippen LogP contribution >= 0.6 is 0 Å². The molecule has 0 aliphatic heterocycles. The second-order valence-corrected chi connectivity index (χ2v) is 14.1. The van der Waals surface area contributed by atoms with Crippen LogP contribution in [0.25, 0.3) is 22.4 Å². The van der Waals surface area contributed by atoms with Crippen molar-refractivity contribution in [1.82, 2.24) is 15.0 Å². The molecule has 1 aliphatic carbocycles. The van der Waals surface area contributed by atoms with Crippen LogP contribution in [0.15, 0.2) is 122 Å². The molecule has 249 valence electrons. The van der Waals surface area contributed by atoms with Crippen LogP contribution in [0.3, 0.4) is 0 Å². The maximum atomic E-state index is 10.1. The Morgan fingerprint density at radius 2 is 1.41 bits per heavy atom. The van der Waals surface area contributed by atoms with Crippen LogP contribution in [0.4, 0.5) is 0 Å². The van der Waals surface area contributed by atoms with Gasteiger partial charge in [0.15, 0.2) is 0 Å². The van der Waals surface area contributed by atoms with E-state index >= 15 is 0 Å². The Kier molecular flexibility index (Phi) is 10.1. The first-order chi connectivity index (χ1) is 22.9. The fourth-order valence-corrected chi connectivity index (χ4v) is 6.23. The summed E-state index contributed by atoms with van der Waals surface area (Å²) in [7, 11) is 0. The van der Waals surface area contributed by atoms with Gasteiger partial charge >= 0.3 is 5.97 Å². The van der Waals surface area contributed by atoms with E-state index in [1.54, 1.807) is 12.1 Å². The first-order valence-corrected chi connectivity index (χ1v) is 16.1. The summed E-state index contributed by atoms with van der Waals surface area (Å²) >= 11 is 0. The first-order valence-electron chi connectivity index (χ1n) is 16.1. The average molecular weight is 822 g/mol. The fourth-order valence-electron chi connectivity index (χ4n) is 6.23. The molecule has 3 aromatic carbocycles. The van der Waals surface area contributed by atoms with Gasteiger partial charge in [0.05, 0.1) is 11.1 Å². The van der Waals surface area contributed by atoms with E-state index in [4.69, 9.17) is 15.1 Å². The van der Waals surface area contributed by atoms with Crippen molar-refractivity contribution in [2.45, 2.75) is 57.8 Å². The Morgan fingerprint density at radius 1 is 0.714 bits per heavy atom. The van der Waals surface area contributed by atoms with Gasteiger partial charge in [-0.15, -0.1) is 47.0 Å². The van der Waals surface area contributed by atoms with Crippen molar-refractivity contribution >= 4 is 5.97 Å². The van der Waals surface area contributed by atoms with Gasteiger partial charge in [0.25, 0.3) is 0 Å². The van der Waals surface area contributed by atoms with Crippen molar-refractivity contribution in [3.63, 3.8) is 0 Å². The van der Waals surface area contributed by atoms with Crippen LogP contribution in [0, 0.1) is 12.1 Å². The summed E-state index contributed by atoms with van der Waals surface area (Å²) in [5.74, 6) is -0.990. The summed E-state index contributed by atoms with van der Waals surface area (Å²) in [5.41, 5.74) is 10.3. The normalized spacial score (nSPS) is 14.8. The second-order valence-electron chi connectivity index (χ2n) is 14.1. The second kappa shape index (κ2) is 14.0. The number of fused-ring (bicyclic) bond motifs is 3. The van der Waals surface area contributed by atoms with Crippen LogP contribution in [-0.4, -0.2) is 26.0 Å². The molecule has 1 aliphatic rings. The predicted octanol–water partition coefficient (Wildman–Crippen LogP) is 9.48. The molecule has 1 radical (unpaired) electrons. The summed E-state index contributed by atoms with van der Waals surface area (Å²) in [6.07, 6.45) is 3.34. The smallest absolute Gasteiger partial charge is 0.354 e. The summed E-state index contributed by atoms with van der Waals surface area (Å²) in [6.45, 7) is 13.6. The van der Waals surface area contributed by atoms with E-state index in [1.165, 1.54) is 40.1 Å². The van der Waals surface area contributed by atoms with Crippen LogP contribution in [0.1, 0.15) is 85.7 Å². The van der Waals surface area contributed by atoms with Crippen LogP contribution in [0.5, 0.6) is 0 Å². The molecule has 7 rings (SSSR count). The molecule has 6 aromatic rings. The molecule has 1 N–H and O–H groups in total. The zero-order valence-electron chi connectivity index (χ0n) is 28.6. The maximum Gasteiger partial charge on any atom is 0.354 e. The zero-order chi connectivity index (χ0) is 34.1. The van der Waals surface area contributed by atoms with Gasteiger partial charge in [-0.1, -0.05) is 89.6 Å². The molecule has 0 spiro atoms. The van der Waals surface area contributed by atoms with Crippen molar-refractivity contribution in [3.05, 3.63) is 173 Å². The monoisotopic (exact) mass is 822 g/mol. The number of carboxylic acids is 1. The number of carboxylic acid groups (broad SMARTS) is 1. The number of aromatic nitrogens is 3. The van der Waals surface area contributed by atoms with E-state index in [0.29, 0.717) is 0 Å². The third-order valence-electron chi connectivity index (χ3n) is 8.76. The minimum atomic E-state index is -0.990. The van der Waals surface area contributed by atoms with Gasteiger partial charge in [-0.3, -0.25) is 9.97 Å². The van der Waals surface area contributed by atoms with E-state index in [1.807, 2.05) is 30.5 Å². The van der Waals surface area contributed by atoms with Crippen molar-refractivity contribution < 1.29 is 30.0 Å². The van der Waals surface area contributed by atoms with Crippen molar-refractivity contribution in [3.8, 4) is 22.4 Å². The van der Waals surface area contributed by atoms with Gasteiger partial charge in [-0.05, 0) is 58.0 Å². The Bertz CT molecular complexity index is 2000. The summed E-state index contributed by atoms with van der Waals surface area (Å²) in [6, 6.07) is 44.1. The topological polar surface area (TPSA) is 76.0 Å². The molecule has 3 aromatic heterocycles. The first kappa shape index (κ1) is 35.5. The molecule has 0 amide bonds. The maximum absolute atomic E-state index is 10.1. The number of hydrogen-bond donors (Lipinski definition) is 1. The van der Waals surface area contributed by atoms with Gasteiger partial charge in [-0.2, -0.15) is 23.8 Å². The van der Waals surface area contributed by atoms with Gasteiger partial charge in [-0.25, -0.2) is 9.78 Å². The minimum Gasteiger partial charge on any atom is -0.477 e. The molecule has 49 heavy (non-hydrogen) atoms. The standard InChI is InChI=1S/C37H34N2.C6H5NO2.Ir/c1-35(2,3)26-18-20-28-29-21-19-27(36(4,5)6)24-31(29)37(30(28)23-26,33-16-10-11-22-38-33)34-17-12-15-32(39-34)25-13-8-7-9-14-25;8-6(9)5-3-1-2-4-7-5;/h7-13,15-23H,1-6H3;1-4H,(H,8,9);/q-2;;/t37-;;/m0../s1. The molecule has 1 atom stereocenters. The molecule has 0 unspecified atom stereocenters. The number of benzene rings is 3. The summed E-state index contributed by atoms with van der Waals surface area (Å²) in [4.78, 5) is 24.1. The molecular weight excluding hydrogens is 783 g/mol. The van der Waals surface area contributed by atoms with Gasteiger partial charge in [0, 0.05) is 38.2 Å². The zero-order valence-corrected chi connectivity index (χ0v) is 31.0. The average Bonchev–Trinajstić information content (AvgIpc) is 3.39. The van der Waals surface area contributed by atoms with Crippen molar-refractivity contribution in [2.24, 2.45) is 0 Å². The van der Waals surface area contributed by atoms with Crippen LogP contribution in [-0.2, 0) is 36.4 Å². The summed E-state index contributed by atoms with van der Waals surface area (Å²) in [5, 5.41) is 8.32. The molecule has 0 saturated carbocycles. The molecular formula is C43H39IrN3O2-2. The van der Waals surface area contributed by atoms with Crippen molar-refractivity contribution in [2.75, 3.05) is 0 Å². The number of aromatic carboxylic acids is 1. The number of pyridine rings is 3. The number of hydrogen-bond acceptors (Lipinski definition) is 4. The van der Waals surface area contributed by atoms with E-state index in [9.17, 15) is 4.79 Å². The third kappa shape index (κ3) is 6.90. The molecule has 0 fully saturated rings. The molecule has 0 saturated heterocycles. The predicted molar refractivity (Wildman–Crippen MR) is 191 cm³/mol. The molecule has 5 nitrogen and oxygen atoms in total. The third-order valence-corrected chi connectivity index (χ3v) is 8.76. The van der Waals surface area contributed by atoms with Gasteiger partial charge < -0.3 is 5.11 Å². The fraction of sp³-hybridized carbons (Fsp3) is 0.209.